The smallest absolute Gasteiger partial charge is 0.0682 e. The van der Waals surface area contributed by atoms with Crippen LogP contribution in [0.3, 0.4) is 0 Å². The van der Waals surface area contributed by atoms with Crippen LogP contribution in [0.5, 0.6) is 0 Å². The molecule has 2 N–H and O–H groups in total. The van der Waals surface area contributed by atoms with E-state index in [0.29, 0.717) is 5.92 Å². The molecule has 1 heterocycles. The molecule has 2 atom stereocenters. The number of nitrogens with zero attached hydrogens (tertiary/aromatic N) is 1. The highest BCUT2D eigenvalue weighted by Gasteiger charge is 2.25. The molecule has 1 aliphatic heterocycles. The Morgan fingerprint density at radius 1 is 1.47 bits per heavy atom. The van der Waals surface area contributed by atoms with Gasteiger partial charge in [0.25, 0.3) is 0 Å². The predicted octanol–water partition coefficient (Wildman–Crippen LogP) is 2.15. The van der Waals surface area contributed by atoms with Crippen LogP contribution in [0.25, 0.3) is 0 Å². The van der Waals surface area contributed by atoms with Gasteiger partial charge in [0, 0.05) is 17.6 Å². The summed E-state index contributed by atoms with van der Waals surface area (Å²) >= 11 is 3.54. The minimum absolute atomic E-state index is 0.0635. The summed E-state index contributed by atoms with van der Waals surface area (Å²) in [6.07, 6.45) is 0.636. The van der Waals surface area contributed by atoms with Crippen molar-refractivity contribution in [3.8, 4) is 0 Å². The van der Waals surface area contributed by atoms with Crippen molar-refractivity contribution in [3.63, 3.8) is 0 Å². The summed E-state index contributed by atoms with van der Waals surface area (Å²) in [6.45, 7) is 3.89. The first-order chi connectivity index (χ1) is 8.11. The third-order valence-electron chi connectivity index (χ3n) is 3.40. The largest absolute Gasteiger partial charge is 0.393 e. The molecule has 1 aromatic rings. The van der Waals surface area contributed by atoms with E-state index in [1.165, 1.54) is 0 Å². The normalized spacial score (nSPS) is 25.1. The van der Waals surface area contributed by atoms with Crippen LogP contribution in [0.1, 0.15) is 18.9 Å². The third kappa shape index (κ3) is 2.81. The molecule has 0 aromatic heterocycles. The second-order valence-electron chi connectivity index (χ2n) is 4.72. The Labute approximate surface area is 110 Å². The molecule has 1 saturated heterocycles. The van der Waals surface area contributed by atoms with Gasteiger partial charge >= 0.3 is 0 Å². The van der Waals surface area contributed by atoms with Gasteiger partial charge in [-0.15, -0.1) is 0 Å². The standard InChI is InChI=1S/C13H18BrNO2/c1-9-7-15(5-4-13(9)17)12-3-2-10(8-16)6-11(12)14/h2-3,6,9,13,16-17H,4-5,7-8H2,1H3. The van der Waals surface area contributed by atoms with Crippen LogP contribution in [0.2, 0.25) is 0 Å². The van der Waals surface area contributed by atoms with Gasteiger partial charge in [0.1, 0.15) is 0 Å². The maximum Gasteiger partial charge on any atom is 0.0682 e. The molecular formula is C13H18BrNO2. The first-order valence-electron chi connectivity index (χ1n) is 5.94. The summed E-state index contributed by atoms with van der Waals surface area (Å²) in [6, 6.07) is 5.92. The molecule has 0 radical (unpaired) electrons. The molecular weight excluding hydrogens is 282 g/mol. The molecule has 0 spiro atoms. The quantitative estimate of drug-likeness (QED) is 0.879. The number of piperidine rings is 1. The van der Waals surface area contributed by atoms with E-state index in [1.807, 2.05) is 18.2 Å². The maximum atomic E-state index is 9.72. The molecule has 17 heavy (non-hydrogen) atoms. The number of halogens is 1. The molecule has 2 unspecified atom stereocenters. The number of hydrogen-bond donors (Lipinski definition) is 2. The van der Waals surface area contributed by atoms with Crippen molar-refractivity contribution < 1.29 is 10.2 Å². The van der Waals surface area contributed by atoms with Crippen LogP contribution in [-0.4, -0.2) is 29.4 Å². The topological polar surface area (TPSA) is 43.7 Å². The molecule has 0 aliphatic carbocycles. The molecule has 94 valence electrons. The predicted molar refractivity (Wildman–Crippen MR) is 72.1 cm³/mol. The van der Waals surface area contributed by atoms with E-state index in [4.69, 9.17) is 5.11 Å². The number of anilines is 1. The Balaban J connectivity index is 2.17. The van der Waals surface area contributed by atoms with Crippen molar-refractivity contribution in [1.82, 2.24) is 0 Å². The highest BCUT2D eigenvalue weighted by molar-refractivity contribution is 9.10. The molecule has 1 fully saturated rings. The molecule has 1 aromatic carbocycles. The SMILES string of the molecule is CC1CN(c2ccc(CO)cc2Br)CCC1O. The minimum atomic E-state index is -0.179. The van der Waals surface area contributed by atoms with Crippen LogP contribution >= 0.6 is 15.9 Å². The lowest BCUT2D eigenvalue weighted by Gasteiger charge is -2.36. The van der Waals surface area contributed by atoms with E-state index in [0.717, 1.165) is 35.2 Å². The number of aliphatic hydroxyl groups is 2. The molecule has 0 saturated carbocycles. The van der Waals surface area contributed by atoms with Crippen LogP contribution in [0.15, 0.2) is 22.7 Å². The van der Waals surface area contributed by atoms with Gasteiger partial charge in [-0.1, -0.05) is 13.0 Å². The van der Waals surface area contributed by atoms with Gasteiger partial charge in [-0.05, 0) is 46.0 Å². The van der Waals surface area contributed by atoms with E-state index in [-0.39, 0.29) is 12.7 Å². The van der Waals surface area contributed by atoms with Crippen molar-refractivity contribution in [3.05, 3.63) is 28.2 Å². The zero-order valence-corrected chi connectivity index (χ0v) is 11.5. The second-order valence-corrected chi connectivity index (χ2v) is 5.58. The fourth-order valence-electron chi connectivity index (χ4n) is 2.26. The number of benzene rings is 1. The van der Waals surface area contributed by atoms with Gasteiger partial charge in [0.05, 0.1) is 18.4 Å². The summed E-state index contributed by atoms with van der Waals surface area (Å²) in [7, 11) is 0. The first kappa shape index (κ1) is 12.9. The van der Waals surface area contributed by atoms with Gasteiger partial charge in [-0.25, -0.2) is 0 Å². The number of hydrogen-bond acceptors (Lipinski definition) is 3. The van der Waals surface area contributed by atoms with Gasteiger partial charge in [-0.2, -0.15) is 0 Å². The van der Waals surface area contributed by atoms with Crippen LogP contribution < -0.4 is 4.90 Å². The third-order valence-corrected chi connectivity index (χ3v) is 4.03. The van der Waals surface area contributed by atoms with Crippen LogP contribution in [-0.2, 0) is 6.61 Å². The van der Waals surface area contributed by atoms with E-state index < -0.39 is 0 Å². The van der Waals surface area contributed by atoms with Crippen molar-refractivity contribution in [2.75, 3.05) is 18.0 Å². The number of aliphatic hydroxyl groups excluding tert-OH is 2. The summed E-state index contributed by atoms with van der Waals surface area (Å²) in [4.78, 5) is 2.28. The van der Waals surface area contributed by atoms with Gasteiger partial charge < -0.3 is 15.1 Å². The van der Waals surface area contributed by atoms with Crippen molar-refractivity contribution in [1.29, 1.82) is 0 Å². The first-order valence-corrected chi connectivity index (χ1v) is 6.73. The molecule has 0 amide bonds. The molecule has 2 rings (SSSR count). The summed E-state index contributed by atoms with van der Waals surface area (Å²) in [5.41, 5.74) is 2.05. The van der Waals surface area contributed by atoms with Crippen LogP contribution in [0.4, 0.5) is 5.69 Å². The fraction of sp³-hybridized carbons (Fsp3) is 0.538. The van der Waals surface area contributed by atoms with Crippen molar-refractivity contribution >= 4 is 21.6 Å². The van der Waals surface area contributed by atoms with Crippen molar-refractivity contribution in [2.24, 2.45) is 5.92 Å². The Morgan fingerprint density at radius 3 is 2.82 bits per heavy atom. The van der Waals surface area contributed by atoms with E-state index in [2.05, 4.69) is 27.8 Å². The second kappa shape index (κ2) is 5.38. The summed E-state index contributed by atoms with van der Waals surface area (Å²) < 4.78 is 1.01. The zero-order chi connectivity index (χ0) is 12.4. The highest BCUT2D eigenvalue weighted by Crippen LogP contribution is 2.30. The Hall–Kier alpha value is -0.580. The monoisotopic (exact) mass is 299 g/mol. The maximum absolute atomic E-state index is 9.72. The van der Waals surface area contributed by atoms with Crippen molar-refractivity contribution in [2.45, 2.75) is 26.1 Å². The average molecular weight is 300 g/mol. The summed E-state index contributed by atoms with van der Waals surface area (Å²) in [5.74, 6) is 0.299. The fourth-order valence-corrected chi connectivity index (χ4v) is 2.93. The molecule has 0 bridgehead atoms. The van der Waals surface area contributed by atoms with E-state index >= 15 is 0 Å². The van der Waals surface area contributed by atoms with Gasteiger partial charge in [0.15, 0.2) is 0 Å². The van der Waals surface area contributed by atoms with E-state index in [9.17, 15) is 5.11 Å². The lowest BCUT2D eigenvalue weighted by molar-refractivity contribution is 0.0970. The molecule has 4 heteroatoms. The van der Waals surface area contributed by atoms with E-state index in [1.54, 1.807) is 0 Å². The average Bonchev–Trinajstić information content (AvgIpc) is 2.32. The molecule has 3 nitrogen and oxygen atoms in total. The lowest BCUT2D eigenvalue weighted by atomic mass is 9.96. The number of rotatable bonds is 2. The minimum Gasteiger partial charge on any atom is -0.393 e. The lowest BCUT2D eigenvalue weighted by Crippen LogP contribution is -2.42. The van der Waals surface area contributed by atoms with Gasteiger partial charge in [-0.3, -0.25) is 0 Å². The Morgan fingerprint density at radius 2 is 2.24 bits per heavy atom. The highest BCUT2D eigenvalue weighted by atomic mass is 79.9. The molecule has 1 aliphatic rings. The Bertz CT molecular complexity index is 397. The van der Waals surface area contributed by atoms with Crippen LogP contribution in [0, 0.1) is 5.92 Å². The zero-order valence-electron chi connectivity index (χ0n) is 9.93. The van der Waals surface area contributed by atoms with Gasteiger partial charge in [0.2, 0.25) is 0 Å². The Kier molecular flexibility index (Phi) is 4.07. The summed E-state index contributed by atoms with van der Waals surface area (Å²) in [5, 5.41) is 18.8.